The van der Waals surface area contributed by atoms with Gasteiger partial charge in [-0.3, -0.25) is 4.68 Å². The van der Waals surface area contributed by atoms with E-state index in [0.29, 0.717) is 19.8 Å². The Morgan fingerprint density at radius 3 is 3.00 bits per heavy atom. The molecule has 0 unspecified atom stereocenters. The van der Waals surface area contributed by atoms with Crippen LogP contribution >= 0.6 is 0 Å². The molecule has 13 heavy (non-hydrogen) atoms. The summed E-state index contributed by atoms with van der Waals surface area (Å²) < 4.78 is 7.29. The minimum atomic E-state index is 0.569. The van der Waals surface area contributed by atoms with Crippen molar-refractivity contribution in [2.24, 2.45) is 5.73 Å². The minimum absolute atomic E-state index is 0.569. The predicted octanol–water partition coefficient (Wildman–Crippen LogP) is 0.687. The first-order valence-corrected chi connectivity index (χ1v) is 4.59. The van der Waals surface area contributed by atoms with Crippen molar-refractivity contribution in [1.29, 1.82) is 0 Å². The molecule has 4 heteroatoms. The smallest absolute Gasteiger partial charge is 0.0885 e. The Hall–Kier alpha value is -0.870. The molecule has 0 aliphatic rings. The van der Waals surface area contributed by atoms with Crippen LogP contribution in [0.1, 0.15) is 18.3 Å². The topological polar surface area (TPSA) is 53.1 Å². The number of rotatable bonds is 5. The van der Waals surface area contributed by atoms with Gasteiger partial charge in [0.2, 0.25) is 0 Å². The summed E-state index contributed by atoms with van der Waals surface area (Å²) in [5.74, 6) is 0. The van der Waals surface area contributed by atoms with Crippen molar-refractivity contribution in [2.75, 3.05) is 13.2 Å². The lowest BCUT2D eigenvalue weighted by Crippen LogP contribution is -2.10. The Balaban J connectivity index is 2.53. The molecular weight excluding hydrogens is 166 g/mol. The molecule has 2 N–H and O–H groups in total. The second-order valence-corrected chi connectivity index (χ2v) is 2.93. The van der Waals surface area contributed by atoms with Crippen molar-refractivity contribution in [1.82, 2.24) is 9.78 Å². The molecule has 1 heterocycles. The van der Waals surface area contributed by atoms with Gasteiger partial charge in [0.1, 0.15) is 0 Å². The summed E-state index contributed by atoms with van der Waals surface area (Å²) in [5.41, 5.74) is 7.48. The molecule has 0 aliphatic heterocycles. The molecule has 0 aliphatic carbocycles. The van der Waals surface area contributed by atoms with Crippen molar-refractivity contribution >= 4 is 0 Å². The molecule has 0 amide bonds. The molecule has 0 atom stereocenters. The first-order chi connectivity index (χ1) is 6.27. The number of aromatic nitrogens is 2. The fourth-order valence-electron chi connectivity index (χ4n) is 1.25. The van der Waals surface area contributed by atoms with Crippen LogP contribution in [0.5, 0.6) is 0 Å². The third-order valence-electron chi connectivity index (χ3n) is 1.80. The number of ether oxygens (including phenoxy) is 1. The second kappa shape index (κ2) is 4.99. The Morgan fingerprint density at radius 1 is 1.62 bits per heavy atom. The zero-order valence-corrected chi connectivity index (χ0v) is 8.29. The Bertz CT molecular complexity index is 257. The molecular formula is C9H17N3O. The van der Waals surface area contributed by atoms with Gasteiger partial charge in [-0.2, -0.15) is 5.10 Å². The molecule has 1 rings (SSSR count). The van der Waals surface area contributed by atoms with E-state index in [4.69, 9.17) is 10.5 Å². The lowest BCUT2D eigenvalue weighted by Gasteiger charge is -2.04. The third-order valence-corrected chi connectivity index (χ3v) is 1.80. The number of nitrogens with zero attached hydrogens (tertiary/aromatic N) is 2. The van der Waals surface area contributed by atoms with E-state index in [-0.39, 0.29) is 0 Å². The number of hydrogen-bond donors (Lipinski definition) is 1. The average molecular weight is 183 g/mol. The van der Waals surface area contributed by atoms with Crippen LogP contribution in [-0.2, 0) is 17.9 Å². The van der Waals surface area contributed by atoms with Gasteiger partial charge in [-0.05, 0) is 19.9 Å². The highest BCUT2D eigenvalue weighted by atomic mass is 16.5. The van der Waals surface area contributed by atoms with E-state index in [9.17, 15) is 0 Å². The summed E-state index contributed by atoms with van der Waals surface area (Å²) in [4.78, 5) is 0. The zero-order chi connectivity index (χ0) is 9.68. The van der Waals surface area contributed by atoms with E-state index in [0.717, 1.165) is 17.9 Å². The Kier molecular flexibility index (Phi) is 3.92. The summed E-state index contributed by atoms with van der Waals surface area (Å²) in [6.07, 6.45) is 0. The lowest BCUT2D eigenvalue weighted by molar-refractivity contribution is 0.122. The standard InChI is InChI=1S/C9H17N3O/c1-3-12-9(6-8(2)11-12)7-13-5-4-10/h6H,3-5,7,10H2,1-2H3. The van der Waals surface area contributed by atoms with Gasteiger partial charge in [-0.1, -0.05) is 0 Å². The van der Waals surface area contributed by atoms with Crippen molar-refractivity contribution in [3.63, 3.8) is 0 Å². The van der Waals surface area contributed by atoms with E-state index < -0.39 is 0 Å². The lowest BCUT2D eigenvalue weighted by atomic mass is 10.4. The minimum Gasteiger partial charge on any atom is -0.374 e. The summed E-state index contributed by atoms with van der Waals surface area (Å²) in [7, 11) is 0. The number of nitrogens with two attached hydrogens (primary N) is 1. The van der Waals surface area contributed by atoms with Crippen LogP contribution in [0.25, 0.3) is 0 Å². The van der Waals surface area contributed by atoms with Gasteiger partial charge in [-0.25, -0.2) is 0 Å². The molecule has 4 nitrogen and oxygen atoms in total. The summed E-state index contributed by atoms with van der Waals surface area (Å²) >= 11 is 0. The molecule has 0 saturated carbocycles. The highest BCUT2D eigenvalue weighted by molar-refractivity contribution is 5.07. The van der Waals surface area contributed by atoms with Gasteiger partial charge >= 0.3 is 0 Å². The molecule has 0 radical (unpaired) electrons. The first-order valence-electron chi connectivity index (χ1n) is 4.59. The van der Waals surface area contributed by atoms with E-state index >= 15 is 0 Å². The maximum atomic E-state index is 5.34. The quantitative estimate of drug-likeness (QED) is 0.683. The largest absolute Gasteiger partial charge is 0.374 e. The van der Waals surface area contributed by atoms with E-state index in [2.05, 4.69) is 12.0 Å². The van der Waals surface area contributed by atoms with Gasteiger partial charge in [0, 0.05) is 13.1 Å². The number of aryl methyl sites for hydroxylation is 2. The van der Waals surface area contributed by atoms with Crippen molar-refractivity contribution in [3.8, 4) is 0 Å². The van der Waals surface area contributed by atoms with Crippen molar-refractivity contribution < 1.29 is 4.74 Å². The zero-order valence-electron chi connectivity index (χ0n) is 8.29. The Labute approximate surface area is 78.7 Å². The van der Waals surface area contributed by atoms with Crippen molar-refractivity contribution in [3.05, 3.63) is 17.5 Å². The van der Waals surface area contributed by atoms with Crippen LogP contribution in [0.15, 0.2) is 6.07 Å². The molecule has 0 spiro atoms. The van der Waals surface area contributed by atoms with Gasteiger partial charge < -0.3 is 10.5 Å². The van der Waals surface area contributed by atoms with Crippen LogP contribution in [-0.4, -0.2) is 22.9 Å². The van der Waals surface area contributed by atoms with E-state index in [1.165, 1.54) is 0 Å². The van der Waals surface area contributed by atoms with Crippen LogP contribution in [0.2, 0.25) is 0 Å². The van der Waals surface area contributed by atoms with Gasteiger partial charge in [0.05, 0.1) is 24.6 Å². The maximum Gasteiger partial charge on any atom is 0.0885 e. The SMILES string of the molecule is CCn1nc(C)cc1COCCN. The molecule has 0 bridgehead atoms. The average Bonchev–Trinajstić information content (AvgIpc) is 2.47. The van der Waals surface area contributed by atoms with Crippen LogP contribution in [0, 0.1) is 6.92 Å². The second-order valence-electron chi connectivity index (χ2n) is 2.93. The Morgan fingerprint density at radius 2 is 2.38 bits per heavy atom. The number of hydrogen-bond acceptors (Lipinski definition) is 3. The van der Waals surface area contributed by atoms with E-state index in [1.807, 2.05) is 17.7 Å². The van der Waals surface area contributed by atoms with Crippen LogP contribution in [0.3, 0.4) is 0 Å². The summed E-state index contributed by atoms with van der Waals surface area (Å²) in [5, 5.41) is 4.31. The molecule has 74 valence electrons. The highest BCUT2D eigenvalue weighted by Crippen LogP contribution is 2.04. The molecule has 0 fully saturated rings. The maximum absolute atomic E-state index is 5.34. The molecule has 1 aromatic heterocycles. The van der Waals surface area contributed by atoms with Gasteiger partial charge in [0.25, 0.3) is 0 Å². The monoisotopic (exact) mass is 183 g/mol. The molecule has 0 saturated heterocycles. The van der Waals surface area contributed by atoms with Crippen molar-refractivity contribution in [2.45, 2.75) is 27.0 Å². The van der Waals surface area contributed by atoms with Crippen LogP contribution < -0.4 is 5.73 Å². The highest BCUT2D eigenvalue weighted by Gasteiger charge is 2.02. The van der Waals surface area contributed by atoms with E-state index in [1.54, 1.807) is 0 Å². The normalized spacial score (nSPS) is 10.7. The van der Waals surface area contributed by atoms with Gasteiger partial charge in [-0.15, -0.1) is 0 Å². The molecule has 0 aromatic carbocycles. The fraction of sp³-hybridized carbons (Fsp3) is 0.667. The summed E-state index contributed by atoms with van der Waals surface area (Å²) in [6, 6.07) is 2.04. The van der Waals surface area contributed by atoms with Gasteiger partial charge in [0.15, 0.2) is 0 Å². The fourth-order valence-corrected chi connectivity index (χ4v) is 1.25. The first kappa shape index (κ1) is 10.2. The third kappa shape index (κ3) is 2.82. The summed E-state index contributed by atoms with van der Waals surface area (Å²) in [6.45, 7) is 6.71. The molecule has 1 aromatic rings. The predicted molar refractivity (Wildman–Crippen MR) is 51.3 cm³/mol. The van der Waals surface area contributed by atoms with Crippen LogP contribution in [0.4, 0.5) is 0 Å².